The topological polar surface area (TPSA) is 101 Å². The van der Waals surface area contributed by atoms with Crippen LogP contribution in [0.1, 0.15) is 37.6 Å². The van der Waals surface area contributed by atoms with Crippen LogP contribution in [0.25, 0.3) is 0 Å². The molecule has 0 aliphatic carbocycles. The summed E-state index contributed by atoms with van der Waals surface area (Å²) in [5, 5.41) is 3.03. The van der Waals surface area contributed by atoms with Crippen molar-refractivity contribution in [2.75, 3.05) is 13.2 Å². The van der Waals surface area contributed by atoms with Crippen molar-refractivity contribution in [2.24, 2.45) is 0 Å². The van der Waals surface area contributed by atoms with E-state index in [1.54, 1.807) is 31.2 Å². The van der Waals surface area contributed by atoms with Crippen molar-refractivity contribution in [3.05, 3.63) is 58.8 Å². The summed E-state index contributed by atoms with van der Waals surface area (Å²) in [6, 6.07) is 9.66. The van der Waals surface area contributed by atoms with E-state index in [0.29, 0.717) is 24.5 Å². The zero-order valence-electron chi connectivity index (χ0n) is 18.6. The molecule has 4 rings (SSSR count). The number of hydrogen-bond donors (Lipinski definition) is 1. The van der Waals surface area contributed by atoms with Crippen LogP contribution in [0.4, 0.5) is 8.78 Å². The zero-order chi connectivity index (χ0) is 24.1. The fraction of sp³-hybridized carbons (Fsp3) is 0.500. The second-order valence-corrected chi connectivity index (χ2v) is 9.35. The lowest BCUT2D eigenvalue weighted by molar-refractivity contribution is -0.144. The van der Waals surface area contributed by atoms with Gasteiger partial charge in [0.25, 0.3) is 5.92 Å². The van der Waals surface area contributed by atoms with Crippen LogP contribution in [0.3, 0.4) is 0 Å². The van der Waals surface area contributed by atoms with E-state index in [1.807, 2.05) is 6.07 Å². The maximum Gasteiger partial charge on any atom is 0.350 e. The molecule has 0 amide bonds. The lowest BCUT2D eigenvalue weighted by Gasteiger charge is -2.23. The zero-order valence-corrected chi connectivity index (χ0v) is 19.5. The molecule has 34 heavy (non-hydrogen) atoms. The van der Waals surface area contributed by atoms with Gasteiger partial charge in [-0.2, -0.15) is 4.98 Å². The van der Waals surface area contributed by atoms with Gasteiger partial charge in [-0.05, 0) is 44.4 Å². The number of aryl methyl sites for hydroxylation is 1. The van der Waals surface area contributed by atoms with E-state index in [4.69, 9.17) is 18.5 Å². The third kappa shape index (κ3) is 6.15. The molecule has 9 nitrogen and oxygen atoms in total. The Morgan fingerprint density at radius 1 is 1.24 bits per heavy atom. The molecule has 0 radical (unpaired) electrons. The predicted octanol–water partition coefficient (Wildman–Crippen LogP) is 3.48. The SMILES string of the molecule is Cc1ccn(C2OC(COP(NC3CCCCOC3=O)Oc3ccccc3)CC2(F)F)c(=O)n1. The van der Waals surface area contributed by atoms with Crippen molar-refractivity contribution in [3.8, 4) is 5.75 Å². The van der Waals surface area contributed by atoms with Crippen molar-refractivity contribution in [1.29, 1.82) is 0 Å². The number of hydrogen-bond acceptors (Lipinski definition) is 8. The number of esters is 1. The first-order chi connectivity index (χ1) is 16.3. The van der Waals surface area contributed by atoms with Crippen molar-refractivity contribution in [1.82, 2.24) is 14.6 Å². The molecule has 12 heteroatoms. The minimum Gasteiger partial charge on any atom is -0.465 e. The normalized spacial score (nSPS) is 25.4. The molecule has 0 bridgehead atoms. The Bertz CT molecular complexity index is 1040. The largest absolute Gasteiger partial charge is 0.465 e. The number of para-hydroxylation sites is 1. The number of aromatic nitrogens is 2. The first kappa shape index (κ1) is 24.7. The number of cyclic esters (lactones) is 1. The molecule has 2 aromatic rings. The van der Waals surface area contributed by atoms with E-state index in [1.165, 1.54) is 12.3 Å². The quantitative estimate of drug-likeness (QED) is 0.437. The highest BCUT2D eigenvalue weighted by Gasteiger charge is 2.52. The van der Waals surface area contributed by atoms with Gasteiger partial charge in [-0.1, -0.05) is 18.2 Å². The maximum atomic E-state index is 14.7. The van der Waals surface area contributed by atoms with Gasteiger partial charge in [-0.25, -0.2) is 18.7 Å². The Kier molecular flexibility index (Phi) is 7.88. The van der Waals surface area contributed by atoms with Crippen LogP contribution in [0.2, 0.25) is 0 Å². The van der Waals surface area contributed by atoms with E-state index in [9.17, 15) is 18.4 Å². The minimum atomic E-state index is -3.30. The predicted molar refractivity (Wildman–Crippen MR) is 118 cm³/mol. The second kappa shape index (κ2) is 10.9. The van der Waals surface area contributed by atoms with Crippen LogP contribution in [-0.2, 0) is 18.8 Å². The van der Waals surface area contributed by atoms with Gasteiger partial charge in [0.05, 0.1) is 19.3 Å². The van der Waals surface area contributed by atoms with Crippen LogP contribution in [0, 0.1) is 6.92 Å². The first-order valence-electron chi connectivity index (χ1n) is 11.0. The summed E-state index contributed by atoms with van der Waals surface area (Å²) in [6.07, 6.45) is -0.0793. The summed E-state index contributed by atoms with van der Waals surface area (Å²) in [6.45, 7) is 1.73. The fourth-order valence-corrected chi connectivity index (χ4v) is 4.97. The molecule has 2 saturated heterocycles. The van der Waals surface area contributed by atoms with Crippen molar-refractivity contribution >= 4 is 14.5 Å². The molecular weight excluding hydrogens is 471 g/mol. The third-order valence-electron chi connectivity index (χ3n) is 5.39. The molecule has 1 aromatic carbocycles. The van der Waals surface area contributed by atoms with Crippen LogP contribution < -0.4 is 15.3 Å². The van der Waals surface area contributed by atoms with Gasteiger partial charge in [0, 0.05) is 18.3 Å². The number of nitrogens with zero attached hydrogens (tertiary/aromatic N) is 2. The molecule has 4 atom stereocenters. The van der Waals surface area contributed by atoms with Gasteiger partial charge >= 0.3 is 20.2 Å². The first-order valence-corrected chi connectivity index (χ1v) is 12.2. The Balaban J connectivity index is 1.43. The average Bonchev–Trinajstić information content (AvgIpc) is 2.95. The minimum absolute atomic E-state index is 0.229. The number of nitrogens with one attached hydrogen (secondary N) is 1. The number of rotatable bonds is 8. The van der Waals surface area contributed by atoms with Crippen LogP contribution in [0.15, 0.2) is 47.4 Å². The van der Waals surface area contributed by atoms with E-state index >= 15 is 0 Å². The number of halogens is 2. The molecule has 3 heterocycles. The third-order valence-corrected chi connectivity index (χ3v) is 6.67. The van der Waals surface area contributed by atoms with Gasteiger partial charge in [-0.15, -0.1) is 0 Å². The highest BCUT2D eigenvalue weighted by Crippen LogP contribution is 2.44. The highest BCUT2D eigenvalue weighted by atomic mass is 31.2. The van der Waals surface area contributed by atoms with E-state index in [-0.39, 0.29) is 6.61 Å². The van der Waals surface area contributed by atoms with Crippen molar-refractivity contribution in [3.63, 3.8) is 0 Å². The van der Waals surface area contributed by atoms with Crippen LogP contribution >= 0.6 is 8.53 Å². The summed E-state index contributed by atoms with van der Waals surface area (Å²) in [5.41, 5.74) is -0.385. The summed E-state index contributed by atoms with van der Waals surface area (Å²) in [4.78, 5) is 28.1. The van der Waals surface area contributed by atoms with Gasteiger partial charge < -0.3 is 18.5 Å². The molecule has 2 aliphatic heterocycles. The summed E-state index contributed by atoms with van der Waals surface area (Å²) in [7, 11) is -1.88. The maximum absolute atomic E-state index is 14.7. The molecule has 0 spiro atoms. The Morgan fingerprint density at radius 2 is 2.03 bits per heavy atom. The number of ether oxygens (including phenoxy) is 2. The molecule has 2 fully saturated rings. The number of carbonyl (C=O) groups excluding carboxylic acids is 1. The number of benzene rings is 1. The molecule has 184 valence electrons. The van der Waals surface area contributed by atoms with Gasteiger partial charge in [0.1, 0.15) is 11.8 Å². The lowest BCUT2D eigenvalue weighted by Crippen LogP contribution is -2.35. The molecule has 1 N–H and O–H groups in total. The van der Waals surface area contributed by atoms with Gasteiger partial charge in [0.15, 0.2) is 0 Å². The van der Waals surface area contributed by atoms with Crippen molar-refractivity contribution in [2.45, 2.75) is 56.9 Å². The van der Waals surface area contributed by atoms with Gasteiger partial charge in [-0.3, -0.25) is 9.36 Å². The fourth-order valence-electron chi connectivity index (χ4n) is 3.68. The Morgan fingerprint density at radius 3 is 2.79 bits per heavy atom. The summed E-state index contributed by atoms with van der Waals surface area (Å²) in [5.74, 6) is -3.20. The summed E-state index contributed by atoms with van der Waals surface area (Å²) < 4.78 is 52.6. The molecular formula is C22H26F2N3O6P. The molecule has 0 saturated carbocycles. The lowest BCUT2D eigenvalue weighted by atomic mass is 10.1. The van der Waals surface area contributed by atoms with Gasteiger partial charge in [0.2, 0.25) is 6.23 Å². The van der Waals surface area contributed by atoms with E-state index in [2.05, 4.69) is 10.1 Å². The van der Waals surface area contributed by atoms with Crippen molar-refractivity contribution < 1.29 is 32.1 Å². The number of alkyl halides is 2. The smallest absolute Gasteiger partial charge is 0.350 e. The van der Waals surface area contributed by atoms with Crippen LogP contribution in [-0.4, -0.2) is 46.8 Å². The van der Waals surface area contributed by atoms with E-state index < -0.39 is 50.9 Å². The average molecular weight is 497 g/mol. The molecule has 4 unspecified atom stereocenters. The monoisotopic (exact) mass is 497 g/mol. The highest BCUT2D eigenvalue weighted by molar-refractivity contribution is 7.45. The molecule has 2 aliphatic rings. The van der Waals surface area contributed by atoms with Crippen LogP contribution in [0.5, 0.6) is 5.75 Å². The Hall–Kier alpha value is -2.46. The summed E-state index contributed by atoms with van der Waals surface area (Å²) >= 11 is 0. The Labute approximate surface area is 196 Å². The standard InChI is InChI=1S/C22H26F2N3O6P/c1-15-10-11-27(21(29)25-15)20-22(23,24)13-17(32-20)14-31-34(33-16-7-3-2-4-8-16)26-18-9-5-6-12-30-19(18)28/h2-4,7-8,10-11,17-18,20,26H,5-6,9,12-14H2,1H3. The molecule has 1 aromatic heterocycles. The number of carbonyl (C=O) groups is 1. The second-order valence-electron chi connectivity index (χ2n) is 8.14. The van der Waals surface area contributed by atoms with E-state index in [0.717, 1.165) is 17.4 Å².